The van der Waals surface area contributed by atoms with E-state index in [0.29, 0.717) is 12.0 Å². The highest BCUT2D eigenvalue weighted by Crippen LogP contribution is 2.14. The Labute approximate surface area is 84.7 Å². The minimum Gasteiger partial charge on any atom is -0.311 e. The van der Waals surface area contributed by atoms with Gasteiger partial charge in [-0.05, 0) is 12.8 Å². The van der Waals surface area contributed by atoms with E-state index in [9.17, 15) is 8.78 Å². The Kier molecular flexibility index (Phi) is 4.26. The summed E-state index contributed by atoms with van der Waals surface area (Å²) in [4.78, 5) is 1.88. The SMILES string of the molecule is CC(C)C1CN(C(C)C(F)F)CCN1. The van der Waals surface area contributed by atoms with E-state index in [1.165, 1.54) is 0 Å². The molecule has 84 valence electrons. The lowest BCUT2D eigenvalue weighted by Gasteiger charge is -2.38. The lowest BCUT2D eigenvalue weighted by atomic mass is 10.0. The van der Waals surface area contributed by atoms with Gasteiger partial charge in [0.2, 0.25) is 0 Å². The number of hydrogen-bond acceptors (Lipinski definition) is 2. The van der Waals surface area contributed by atoms with E-state index in [-0.39, 0.29) is 0 Å². The minimum atomic E-state index is -2.24. The molecule has 2 nitrogen and oxygen atoms in total. The van der Waals surface area contributed by atoms with Crippen LogP contribution in [0, 0.1) is 5.92 Å². The molecule has 1 rings (SSSR count). The molecule has 1 saturated heterocycles. The Morgan fingerprint density at radius 1 is 1.29 bits per heavy atom. The smallest absolute Gasteiger partial charge is 0.253 e. The Balaban J connectivity index is 2.47. The molecule has 0 aliphatic carbocycles. The van der Waals surface area contributed by atoms with Gasteiger partial charge in [-0.25, -0.2) is 8.78 Å². The maximum Gasteiger partial charge on any atom is 0.253 e. The number of piperazine rings is 1. The second-order valence-electron chi connectivity index (χ2n) is 4.37. The molecule has 1 heterocycles. The zero-order chi connectivity index (χ0) is 10.7. The molecule has 1 fully saturated rings. The number of nitrogens with one attached hydrogen (secondary N) is 1. The first-order valence-corrected chi connectivity index (χ1v) is 5.28. The van der Waals surface area contributed by atoms with Crippen LogP contribution in [0.2, 0.25) is 0 Å². The van der Waals surface area contributed by atoms with E-state index in [0.717, 1.165) is 19.6 Å². The van der Waals surface area contributed by atoms with Crippen molar-refractivity contribution in [2.24, 2.45) is 5.92 Å². The first-order chi connectivity index (χ1) is 6.52. The summed E-state index contributed by atoms with van der Waals surface area (Å²) in [6, 6.07) is -0.261. The summed E-state index contributed by atoms with van der Waals surface area (Å²) in [6.07, 6.45) is -2.24. The zero-order valence-electron chi connectivity index (χ0n) is 9.13. The molecule has 2 atom stereocenters. The minimum absolute atomic E-state index is 0.352. The molecule has 2 unspecified atom stereocenters. The van der Waals surface area contributed by atoms with Crippen LogP contribution < -0.4 is 5.32 Å². The summed E-state index contributed by atoms with van der Waals surface area (Å²) in [7, 11) is 0. The highest BCUT2D eigenvalue weighted by Gasteiger charge is 2.28. The third-order valence-corrected chi connectivity index (χ3v) is 2.98. The third kappa shape index (κ3) is 2.89. The molecule has 0 saturated carbocycles. The van der Waals surface area contributed by atoms with E-state index >= 15 is 0 Å². The van der Waals surface area contributed by atoms with E-state index < -0.39 is 12.5 Å². The maximum atomic E-state index is 12.5. The quantitative estimate of drug-likeness (QED) is 0.754. The lowest BCUT2D eigenvalue weighted by molar-refractivity contribution is 0.0166. The van der Waals surface area contributed by atoms with Gasteiger partial charge >= 0.3 is 0 Å². The van der Waals surface area contributed by atoms with Crippen LogP contribution in [-0.4, -0.2) is 43.0 Å². The monoisotopic (exact) mass is 206 g/mol. The molecule has 0 aromatic heterocycles. The average Bonchev–Trinajstić information content (AvgIpc) is 2.16. The second kappa shape index (κ2) is 5.03. The van der Waals surface area contributed by atoms with Gasteiger partial charge in [0, 0.05) is 25.7 Å². The van der Waals surface area contributed by atoms with Crippen molar-refractivity contribution in [2.45, 2.75) is 39.3 Å². The van der Waals surface area contributed by atoms with Gasteiger partial charge < -0.3 is 5.32 Å². The molecule has 1 N–H and O–H groups in total. The summed E-state index contributed by atoms with van der Waals surface area (Å²) in [5.41, 5.74) is 0. The van der Waals surface area contributed by atoms with Crippen molar-refractivity contribution < 1.29 is 8.78 Å². The predicted molar refractivity (Wildman–Crippen MR) is 53.7 cm³/mol. The molecule has 1 aliphatic heterocycles. The Morgan fingerprint density at radius 3 is 2.43 bits per heavy atom. The molecule has 4 heteroatoms. The van der Waals surface area contributed by atoms with Gasteiger partial charge in [-0.3, -0.25) is 4.90 Å². The summed E-state index contributed by atoms with van der Waals surface area (Å²) >= 11 is 0. The van der Waals surface area contributed by atoms with Crippen LogP contribution >= 0.6 is 0 Å². The van der Waals surface area contributed by atoms with Crippen LogP contribution in [0.25, 0.3) is 0 Å². The first kappa shape index (κ1) is 11.9. The molecular weight excluding hydrogens is 186 g/mol. The van der Waals surface area contributed by atoms with Gasteiger partial charge in [0.05, 0.1) is 6.04 Å². The fourth-order valence-electron chi connectivity index (χ4n) is 1.78. The summed E-state index contributed by atoms with van der Waals surface area (Å²) in [5.74, 6) is 0.502. The van der Waals surface area contributed by atoms with Crippen LogP contribution in [-0.2, 0) is 0 Å². The van der Waals surface area contributed by atoms with Crippen molar-refractivity contribution in [3.8, 4) is 0 Å². The number of nitrogens with zero attached hydrogens (tertiary/aromatic N) is 1. The maximum absolute atomic E-state index is 12.5. The Morgan fingerprint density at radius 2 is 1.93 bits per heavy atom. The van der Waals surface area contributed by atoms with Gasteiger partial charge in [0.15, 0.2) is 0 Å². The number of hydrogen-bond donors (Lipinski definition) is 1. The van der Waals surface area contributed by atoms with Crippen molar-refractivity contribution in [3.63, 3.8) is 0 Å². The van der Waals surface area contributed by atoms with E-state index in [2.05, 4.69) is 19.2 Å². The Bertz CT molecular complexity index is 168. The van der Waals surface area contributed by atoms with Crippen molar-refractivity contribution in [3.05, 3.63) is 0 Å². The van der Waals surface area contributed by atoms with E-state index in [1.807, 2.05) is 4.90 Å². The van der Waals surface area contributed by atoms with Crippen molar-refractivity contribution in [2.75, 3.05) is 19.6 Å². The molecule has 0 spiro atoms. The standard InChI is InChI=1S/C10H20F2N2/c1-7(2)9-6-14(5-4-13-9)8(3)10(11)12/h7-10,13H,4-6H2,1-3H3. The highest BCUT2D eigenvalue weighted by atomic mass is 19.3. The molecular formula is C10H20F2N2. The summed E-state index contributed by atoms with van der Waals surface area (Å²) in [6.45, 7) is 8.13. The van der Waals surface area contributed by atoms with Crippen LogP contribution in [0.4, 0.5) is 8.78 Å². The van der Waals surface area contributed by atoms with Gasteiger partial charge in [-0.2, -0.15) is 0 Å². The fourth-order valence-corrected chi connectivity index (χ4v) is 1.78. The number of alkyl halides is 2. The highest BCUT2D eigenvalue weighted by molar-refractivity contribution is 4.83. The predicted octanol–water partition coefficient (Wildman–Crippen LogP) is 1.57. The molecule has 0 radical (unpaired) electrons. The zero-order valence-corrected chi connectivity index (χ0v) is 9.13. The molecule has 14 heavy (non-hydrogen) atoms. The van der Waals surface area contributed by atoms with Crippen LogP contribution in [0.15, 0.2) is 0 Å². The molecule has 0 amide bonds. The van der Waals surface area contributed by atoms with E-state index in [4.69, 9.17) is 0 Å². The molecule has 1 aliphatic rings. The normalized spacial score (nSPS) is 27.2. The second-order valence-corrected chi connectivity index (χ2v) is 4.37. The summed E-state index contributed by atoms with van der Waals surface area (Å²) < 4.78 is 25.0. The van der Waals surface area contributed by atoms with Crippen molar-refractivity contribution >= 4 is 0 Å². The van der Waals surface area contributed by atoms with E-state index in [1.54, 1.807) is 6.92 Å². The molecule has 0 aromatic rings. The third-order valence-electron chi connectivity index (χ3n) is 2.98. The average molecular weight is 206 g/mol. The van der Waals surface area contributed by atoms with Gasteiger partial charge in [-0.15, -0.1) is 0 Å². The van der Waals surface area contributed by atoms with Crippen LogP contribution in [0.5, 0.6) is 0 Å². The van der Waals surface area contributed by atoms with Crippen LogP contribution in [0.1, 0.15) is 20.8 Å². The lowest BCUT2D eigenvalue weighted by Crippen LogP contribution is -2.56. The number of halogens is 2. The fraction of sp³-hybridized carbons (Fsp3) is 1.00. The first-order valence-electron chi connectivity index (χ1n) is 5.28. The van der Waals surface area contributed by atoms with Gasteiger partial charge in [-0.1, -0.05) is 13.8 Å². The van der Waals surface area contributed by atoms with Crippen molar-refractivity contribution in [1.29, 1.82) is 0 Å². The van der Waals surface area contributed by atoms with Gasteiger partial charge in [0.1, 0.15) is 0 Å². The topological polar surface area (TPSA) is 15.3 Å². The molecule has 0 aromatic carbocycles. The van der Waals surface area contributed by atoms with Crippen molar-refractivity contribution in [1.82, 2.24) is 10.2 Å². The largest absolute Gasteiger partial charge is 0.311 e. The van der Waals surface area contributed by atoms with Gasteiger partial charge in [0.25, 0.3) is 6.43 Å². The molecule has 0 bridgehead atoms. The number of rotatable bonds is 3. The van der Waals surface area contributed by atoms with Crippen LogP contribution in [0.3, 0.4) is 0 Å². The summed E-state index contributed by atoms with van der Waals surface area (Å²) in [5, 5.41) is 3.36. The Hall–Kier alpha value is -0.220.